The number of hydrogen-bond donors (Lipinski definition) is 0. The number of hydrogen-bond acceptors (Lipinski definition) is 1. The summed E-state index contributed by atoms with van der Waals surface area (Å²) in [4.78, 5) is 1.15. The summed E-state index contributed by atoms with van der Waals surface area (Å²) in [6.45, 7) is 0. The SMILES string of the molecule is [2H]c1ccc(-c2ccc(Br)cc2)s1. The molecule has 0 unspecified atom stereocenters. The molecule has 1 aromatic carbocycles. The van der Waals surface area contributed by atoms with Crippen LogP contribution >= 0.6 is 27.3 Å². The van der Waals surface area contributed by atoms with Gasteiger partial charge in [-0.1, -0.05) is 34.1 Å². The Labute approximate surface area is 85.4 Å². The molecule has 2 heteroatoms. The van der Waals surface area contributed by atoms with Gasteiger partial charge in [-0.05, 0) is 29.1 Å². The maximum Gasteiger partial charge on any atom is 0.0740 e. The minimum absolute atomic E-state index is 0.609. The van der Waals surface area contributed by atoms with Crippen LogP contribution in [0.15, 0.2) is 46.2 Å². The first-order valence-electron chi connectivity index (χ1n) is 4.08. The molecular formula is C10H7BrS. The van der Waals surface area contributed by atoms with E-state index in [-0.39, 0.29) is 0 Å². The average Bonchev–Trinajstić information content (AvgIpc) is 2.53. The molecule has 0 aliphatic heterocycles. The van der Waals surface area contributed by atoms with Crippen LogP contribution in [0, 0.1) is 0 Å². The van der Waals surface area contributed by atoms with Crippen molar-refractivity contribution in [1.29, 1.82) is 0 Å². The second-order valence-corrected chi connectivity index (χ2v) is 4.22. The molecule has 0 spiro atoms. The van der Waals surface area contributed by atoms with Crippen LogP contribution < -0.4 is 0 Å². The molecule has 0 saturated carbocycles. The van der Waals surface area contributed by atoms with Crippen LogP contribution in [0.4, 0.5) is 0 Å². The zero-order valence-corrected chi connectivity index (χ0v) is 8.65. The Kier molecular flexibility index (Phi) is 1.96. The number of halogens is 1. The lowest BCUT2D eigenvalue weighted by Gasteiger charge is -1.95. The lowest BCUT2D eigenvalue weighted by molar-refractivity contribution is 1.65. The fourth-order valence-corrected chi connectivity index (χ4v) is 1.93. The summed E-state index contributed by atoms with van der Waals surface area (Å²) in [5.41, 5.74) is 1.17. The van der Waals surface area contributed by atoms with Gasteiger partial charge in [0.15, 0.2) is 0 Å². The highest BCUT2D eigenvalue weighted by Crippen LogP contribution is 2.25. The van der Waals surface area contributed by atoms with Crippen molar-refractivity contribution in [3.63, 3.8) is 0 Å². The minimum Gasteiger partial charge on any atom is -0.144 e. The summed E-state index contributed by atoms with van der Waals surface area (Å²) in [7, 11) is 0. The maximum atomic E-state index is 7.42. The van der Waals surface area contributed by atoms with E-state index >= 15 is 0 Å². The van der Waals surface area contributed by atoms with Gasteiger partial charge >= 0.3 is 0 Å². The molecule has 0 saturated heterocycles. The first-order valence-corrected chi connectivity index (χ1v) is 5.19. The second kappa shape index (κ2) is 3.42. The van der Waals surface area contributed by atoms with Crippen molar-refractivity contribution in [2.24, 2.45) is 0 Å². The molecule has 2 aromatic rings. The summed E-state index contributed by atoms with van der Waals surface area (Å²) >= 11 is 4.89. The molecule has 1 aromatic heterocycles. The van der Waals surface area contributed by atoms with Crippen molar-refractivity contribution < 1.29 is 1.37 Å². The van der Waals surface area contributed by atoms with Crippen LogP contribution in [-0.4, -0.2) is 0 Å². The lowest BCUT2D eigenvalue weighted by Crippen LogP contribution is -1.69. The van der Waals surface area contributed by atoms with E-state index in [2.05, 4.69) is 28.1 Å². The topological polar surface area (TPSA) is 0 Å². The Morgan fingerprint density at radius 2 is 1.92 bits per heavy atom. The summed E-state index contributed by atoms with van der Waals surface area (Å²) in [5, 5.41) is 0.609. The monoisotopic (exact) mass is 239 g/mol. The van der Waals surface area contributed by atoms with Crippen LogP contribution in [0.1, 0.15) is 1.37 Å². The Hall–Kier alpha value is -0.600. The summed E-state index contributed by atoms with van der Waals surface area (Å²) in [6, 6.07) is 11.9. The molecule has 0 amide bonds. The number of rotatable bonds is 1. The maximum absolute atomic E-state index is 7.42. The normalized spacial score (nSPS) is 11.2. The average molecular weight is 240 g/mol. The Balaban J connectivity index is 2.41. The predicted octanol–water partition coefficient (Wildman–Crippen LogP) is 4.18. The third-order valence-electron chi connectivity index (χ3n) is 1.60. The van der Waals surface area contributed by atoms with Crippen molar-refractivity contribution >= 4 is 27.3 Å². The van der Waals surface area contributed by atoms with Crippen molar-refractivity contribution in [3.8, 4) is 10.4 Å². The van der Waals surface area contributed by atoms with Gasteiger partial charge in [0.05, 0.1) is 1.37 Å². The predicted molar refractivity (Wildman–Crippen MR) is 57.5 cm³/mol. The Morgan fingerprint density at radius 3 is 2.50 bits per heavy atom. The van der Waals surface area contributed by atoms with E-state index in [0.29, 0.717) is 5.36 Å². The van der Waals surface area contributed by atoms with Gasteiger partial charge in [-0.15, -0.1) is 11.3 Å². The largest absolute Gasteiger partial charge is 0.144 e. The first-order chi connectivity index (χ1) is 6.25. The standard InChI is InChI=1S/C10H7BrS/c11-9-5-3-8(4-6-9)10-2-1-7-12-10/h1-7H/i7D. The van der Waals surface area contributed by atoms with E-state index in [1.54, 1.807) is 0 Å². The van der Waals surface area contributed by atoms with E-state index in [0.717, 1.165) is 9.35 Å². The highest BCUT2D eigenvalue weighted by molar-refractivity contribution is 9.10. The Bertz CT molecular complexity index is 405. The highest BCUT2D eigenvalue weighted by atomic mass is 79.9. The minimum atomic E-state index is 0.609. The third kappa shape index (κ3) is 1.59. The molecule has 0 fully saturated rings. The molecule has 2 rings (SSSR count). The fourth-order valence-electron chi connectivity index (χ4n) is 1.01. The first kappa shape index (κ1) is 6.87. The van der Waals surface area contributed by atoms with E-state index in [1.807, 2.05) is 24.3 Å². The van der Waals surface area contributed by atoms with Gasteiger partial charge in [0.2, 0.25) is 0 Å². The van der Waals surface area contributed by atoms with Crippen LogP contribution in [0.3, 0.4) is 0 Å². The van der Waals surface area contributed by atoms with Gasteiger partial charge in [0, 0.05) is 9.35 Å². The molecule has 0 radical (unpaired) electrons. The van der Waals surface area contributed by atoms with E-state index in [9.17, 15) is 0 Å². The van der Waals surface area contributed by atoms with E-state index in [1.165, 1.54) is 16.9 Å². The molecule has 0 N–H and O–H groups in total. The quantitative estimate of drug-likeness (QED) is 0.701. The van der Waals surface area contributed by atoms with Gasteiger partial charge in [0.1, 0.15) is 0 Å². The summed E-state index contributed by atoms with van der Waals surface area (Å²) in [6.07, 6.45) is 0. The molecule has 60 valence electrons. The van der Waals surface area contributed by atoms with Crippen LogP contribution in [-0.2, 0) is 0 Å². The molecule has 0 aliphatic rings. The van der Waals surface area contributed by atoms with Crippen LogP contribution in [0.5, 0.6) is 0 Å². The van der Waals surface area contributed by atoms with E-state index in [4.69, 9.17) is 1.37 Å². The van der Waals surface area contributed by atoms with Crippen LogP contribution in [0.2, 0.25) is 0 Å². The molecule has 1 heterocycles. The molecule has 0 nitrogen and oxygen atoms in total. The summed E-state index contributed by atoms with van der Waals surface area (Å²) in [5.74, 6) is 0. The zero-order chi connectivity index (χ0) is 9.26. The van der Waals surface area contributed by atoms with Gasteiger partial charge in [0.25, 0.3) is 0 Å². The van der Waals surface area contributed by atoms with Crippen molar-refractivity contribution in [2.45, 2.75) is 0 Å². The third-order valence-corrected chi connectivity index (χ3v) is 2.97. The molecule has 0 aliphatic carbocycles. The van der Waals surface area contributed by atoms with Gasteiger partial charge < -0.3 is 0 Å². The molecule has 0 bridgehead atoms. The van der Waals surface area contributed by atoms with Gasteiger partial charge in [-0.3, -0.25) is 0 Å². The number of benzene rings is 1. The lowest BCUT2D eigenvalue weighted by atomic mass is 10.2. The van der Waals surface area contributed by atoms with Gasteiger partial charge in [-0.2, -0.15) is 0 Å². The highest BCUT2D eigenvalue weighted by Gasteiger charge is 1.96. The van der Waals surface area contributed by atoms with Gasteiger partial charge in [-0.25, -0.2) is 0 Å². The van der Waals surface area contributed by atoms with Crippen molar-refractivity contribution in [2.75, 3.05) is 0 Å². The van der Waals surface area contributed by atoms with E-state index < -0.39 is 0 Å². The summed E-state index contributed by atoms with van der Waals surface area (Å²) < 4.78 is 8.50. The van der Waals surface area contributed by atoms with Crippen molar-refractivity contribution in [3.05, 3.63) is 46.2 Å². The molecular weight excluding hydrogens is 232 g/mol. The Morgan fingerprint density at radius 1 is 1.17 bits per heavy atom. The second-order valence-electron chi connectivity index (χ2n) is 2.42. The zero-order valence-electron chi connectivity index (χ0n) is 7.25. The van der Waals surface area contributed by atoms with Crippen molar-refractivity contribution in [1.82, 2.24) is 0 Å². The number of thiophene rings is 1. The van der Waals surface area contributed by atoms with Crippen LogP contribution in [0.25, 0.3) is 10.4 Å². The molecule has 0 atom stereocenters. The molecule has 12 heavy (non-hydrogen) atoms. The smallest absolute Gasteiger partial charge is 0.0740 e. The fraction of sp³-hybridized carbons (Fsp3) is 0.